The Bertz CT molecular complexity index is 618. The first-order chi connectivity index (χ1) is 10.5. The molecule has 0 aliphatic carbocycles. The average molecular weight is 299 g/mol. The first kappa shape index (κ1) is 15.9. The Morgan fingerprint density at radius 3 is 1.82 bits per heavy atom. The van der Waals surface area contributed by atoms with Crippen molar-refractivity contribution in [1.82, 2.24) is 0 Å². The second kappa shape index (κ2) is 6.52. The van der Waals surface area contributed by atoms with Gasteiger partial charge >= 0.3 is 0 Å². The van der Waals surface area contributed by atoms with Gasteiger partial charge in [0, 0.05) is 11.1 Å². The van der Waals surface area contributed by atoms with Crippen LogP contribution < -0.4 is 5.11 Å². The fraction of sp³-hybridized carbons (Fsp3) is 0.278. The van der Waals surface area contributed by atoms with Gasteiger partial charge in [-0.25, -0.2) is 0 Å². The molecule has 0 heterocycles. The number of phenolic OH excluding ortho intramolecular Hbond substituents is 2. The molecule has 0 radical (unpaired) electrons. The van der Waals surface area contributed by atoms with E-state index in [1.807, 2.05) is 6.92 Å². The normalized spacial score (nSPS) is 11.3. The van der Waals surface area contributed by atoms with Crippen LogP contribution in [0.5, 0.6) is 11.5 Å². The van der Waals surface area contributed by atoms with E-state index in [9.17, 15) is 20.1 Å². The largest absolute Gasteiger partial charge is 0.549 e. The van der Waals surface area contributed by atoms with Gasteiger partial charge in [-0.2, -0.15) is 0 Å². The van der Waals surface area contributed by atoms with E-state index in [1.165, 1.54) is 12.1 Å². The summed E-state index contributed by atoms with van der Waals surface area (Å²) in [7, 11) is 0. The number of aliphatic carboxylic acids is 1. The summed E-state index contributed by atoms with van der Waals surface area (Å²) in [5.74, 6) is -1.57. The van der Waals surface area contributed by atoms with Crippen molar-refractivity contribution in [1.29, 1.82) is 0 Å². The molecular weight excluding hydrogens is 280 g/mol. The Morgan fingerprint density at radius 1 is 1.00 bits per heavy atom. The third-order valence-corrected chi connectivity index (χ3v) is 3.98. The van der Waals surface area contributed by atoms with Crippen molar-refractivity contribution >= 4 is 5.97 Å². The molecule has 0 aliphatic rings. The summed E-state index contributed by atoms with van der Waals surface area (Å²) in [5, 5.41) is 32.4. The van der Waals surface area contributed by atoms with Crippen molar-refractivity contribution in [3.8, 4) is 11.5 Å². The summed E-state index contributed by atoms with van der Waals surface area (Å²) in [6, 6.07) is 12.6. The van der Waals surface area contributed by atoms with E-state index in [1.54, 1.807) is 36.4 Å². The van der Waals surface area contributed by atoms with Crippen LogP contribution >= 0.6 is 0 Å². The van der Waals surface area contributed by atoms with E-state index >= 15 is 0 Å². The van der Waals surface area contributed by atoms with E-state index < -0.39 is 11.4 Å². The molecule has 0 spiro atoms. The molecule has 116 valence electrons. The zero-order chi connectivity index (χ0) is 16.2. The quantitative estimate of drug-likeness (QED) is 0.858. The van der Waals surface area contributed by atoms with Crippen LogP contribution in [0.2, 0.25) is 0 Å². The lowest BCUT2D eigenvalue weighted by Crippen LogP contribution is -2.47. The van der Waals surface area contributed by atoms with Crippen molar-refractivity contribution in [2.45, 2.75) is 31.6 Å². The lowest BCUT2D eigenvalue weighted by molar-refractivity contribution is -0.312. The number of rotatable bonds is 6. The van der Waals surface area contributed by atoms with Gasteiger partial charge in [0.2, 0.25) is 0 Å². The summed E-state index contributed by atoms with van der Waals surface area (Å²) in [4.78, 5) is 12.1. The van der Waals surface area contributed by atoms with Gasteiger partial charge < -0.3 is 20.1 Å². The zero-order valence-corrected chi connectivity index (χ0v) is 12.5. The number of hydrogen-bond acceptors (Lipinski definition) is 4. The van der Waals surface area contributed by atoms with Crippen molar-refractivity contribution < 1.29 is 20.1 Å². The molecule has 0 amide bonds. The highest BCUT2D eigenvalue weighted by atomic mass is 16.4. The van der Waals surface area contributed by atoms with E-state index in [-0.39, 0.29) is 29.0 Å². The summed E-state index contributed by atoms with van der Waals surface area (Å²) in [6.45, 7) is 1.95. The number of hydrogen-bond donors (Lipinski definition) is 2. The second-order valence-corrected chi connectivity index (χ2v) is 5.33. The van der Waals surface area contributed by atoms with Crippen molar-refractivity contribution in [3.05, 3.63) is 59.7 Å². The number of para-hydroxylation sites is 2. The highest BCUT2D eigenvalue weighted by Gasteiger charge is 2.39. The molecule has 4 heteroatoms. The maximum Gasteiger partial charge on any atom is 0.120 e. The van der Waals surface area contributed by atoms with Gasteiger partial charge in [0.05, 0.1) is 11.4 Å². The van der Waals surface area contributed by atoms with Crippen LogP contribution in [0.15, 0.2) is 48.5 Å². The third-order valence-electron chi connectivity index (χ3n) is 3.98. The molecule has 0 saturated heterocycles. The Kier molecular flexibility index (Phi) is 4.71. The summed E-state index contributed by atoms with van der Waals surface area (Å²) < 4.78 is 0. The fourth-order valence-electron chi connectivity index (χ4n) is 2.85. The molecule has 0 bridgehead atoms. The zero-order valence-electron chi connectivity index (χ0n) is 12.5. The summed E-state index contributed by atoms with van der Waals surface area (Å²) in [5.41, 5.74) is -1.10. The van der Waals surface area contributed by atoms with Gasteiger partial charge in [0.15, 0.2) is 0 Å². The Morgan fingerprint density at radius 2 is 1.45 bits per heavy atom. The van der Waals surface area contributed by atoms with Crippen LogP contribution in [0.3, 0.4) is 0 Å². The van der Waals surface area contributed by atoms with Gasteiger partial charge in [-0.15, -0.1) is 0 Å². The predicted octanol–water partition coefficient (Wildman–Crippen LogP) is 2.32. The maximum absolute atomic E-state index is 12.1. The number of unbranched alkanes of at least 4 members (excludes halogenated alkanes) is 1. The first-order valence-corrected chi connectivity index (χ1v) is 7.32. The number of carboxylic acids is 1. The number of aromatic hydroxyl groups is 2. The van der Waals surface area contributed by atoms with Crippen LogP contribution in [0.1, 0.15) is 37.3 Å². The molecule has 2 rings (SSSR count). The predicted molar refractivity (Wildman–Crippen MR) is 81.5 cm³/mol. The minimum absolute atomic E-state index is 0.119. The molecule has 0 fully saturated rings. The Balaban J connectivity index is 2.75. The molecule has 0 saturated carbocycles. The SMILES string of the molecule is CCCCC(C(=O)[O-])(c1ccccc1O)c1ccccc1O. The van der Waals surface area contributed by atoms with Gasteiger partial charge in [0.25, 0.3) is 0 Å². The molecule has 22 heavy (non-hydrogen) atoms. The highest BCUT2D eigenvalue weighted by molar-refractivity contribution is 5.86. The molecule has 0 aliphatic heterocycles. The van der Waals surface area contributed by atoms with Crippen LogP contribution in [0, 0.1) is 0 Å². The third kappa shape index (κ3) is 2.64. The van der Waals surface area contributed by atoms with Crippen LogP contribution in [0.25, 0.3) is 0 Å². The summed E-state index contributed by atoms with van der Waals surface area (Å²) in [6.07, 6.45) is 1.65. The number of carbonyl (C=O) groups excluding carboxylic acids is 1. The van der Waals surface area contributed by atoms with Crippen LogP contribution in [0.4, 0.5) is 0 Å². The molecule has 2 aromatic carbocycles. The standard InChI is InChI=1S/C18H20O4/c1-2-3-12-18(17(21)22,13-8-4-6-10-15(13)19)14-9-5-7-11-16(14)20/h4-11,19-20H,2-3,12H2,1H3,(H,21,22)/p-1. The van der Waals surface area contributed by atoms with Crippen molar-refractivity contribution in [3.63, 3.8) is 0 Å². The number of phenols is 2. The lowest BCUT2D eigenvalue weighted by atomic mass is 9.70. The first-order valence-electron chi connectivity index (χ1n) is 7.32. The smallest absolute Gasteiger partial charge is 0.120 e. The molecule has 0 unspecified atom stereocenters. The monoisotopic (exact) mass is 299 g/mol. The second-order valence-electron chi connectivity index (χ2n) is 5.33. The molecule has 0 aromatic heterocycles. The van der Waals surface area contributed by atoms with Gasteiger partial charge in [-0.05, 0) is 18.6 Å². The molecule has 0 atom stereocenters. The van der Waals surface area contributed by atoms with Gasteiger partial charge in [-0.1, -0.05) is 56.2 Å². The minimum Gasteiger partial charge on any atom is -0.549 e. The van der Waals surface area contributed by atoms with E-state index in [2.05, 4.69) is 0 Å². The van der Waals surface area contributed by atoms with E-state index in [4.69, 9.17) is 0 Å². The van der Waals surface area contributed by atoms with E-state index in [0.29, 0.717) is 6.42 Å². The van der Waals surface area contributed by atoms with Crippen LogP contribution in [-0.2, 0) is 10.2 Å². The van der Waals surface area contributed by atoms with E-state index in [0.717, 1.165) is 6.42 Å². The van der Waals surface area contributed by atoms with Crippen LogP contribution in [-0.4, -0.2) is 16.2 Å². The minimum atomic E-state index is -1.58. The maximum atomic E-state index is 12.1. The number of benzene rings is 2. The molecule has 2 aromatic rings. The van der Waals surface area contributed by atoms with Gasteiger partial charge in [0.1, 0.15) is 11.5 Å². The summed E-state index contributed by atoms with van der Waals surface area (Å²) >= 11 is 0. The average Bonchev–Trinajstić information content (AvgIpc) is 2.50. The lowest BCUT2D eigenvalue weighted by Gasteiger charge is -2.37. The Labute approximate surface area is 129 Å². The molecule has 2 N–H and O–H groups in total. The number of carboxylic acid groups (broad SMARTS) is 1. The topological polar surface area (TPSA) is 80.6 Å². The highest BCUT2D eigenvalue weighted by Crippen LogP contribution is 2.44. The van der Waals surface area contributed by atoms with Crippen molar-refractivity contribution in [2.24, 2.45) is 0 Å². The molecule has 4 nitrogen and oxygen atoms in total. The van der Waals surface area contributed by atoms with Gasteiger partial charge in [-0.3, -0.25) is 0 Å². The van der Waals surface area contributed by atoms with Crippen molar-refractivity contribution in [2.75, 3.05) is 0 Å². The molecular formula is C18H19O4-. The number of carbonyl (C=O) groups is 1. The fourth-order valence-corrected chi connectivity index (χ4v) is 2.85. The Hall–Kier alpha value is -2.49.